The zero-order chi connectivity index (χ0) is 13.7. The average molecular weight is 295 g/mol. The van der Waals surface area contributed by atoms with E-state index in [0.29, 0.717) is 18.0 Å². The fourth-order valence-electron chi connectivity index (χ4n) is 1.70. The number of aromatic nitrogens is 1. The number of halogens is 1. The number of hydrogen-bond acceptors (Lipinski definition) is 3. The molecular formula is C14H15ClN2OS. The third-order valence-corrected chi connectivity index (χ3v) is 4.03. The highest BCUT2D eigenvalue weighted by atomic mass is 35.5. The van der Waals surface area contributed by atoms with Gasteiger partial charge in [0, 0.05) is 29.1 Å². The predicted octanol–water partition coefficient (Wildman–Crippen LogP) is 3.01. The Morgan fingerprint density at radius 3 is 2.89 bits per heavy atom. The lowest BCUT2D eigenvalue weighted by molar-refractivity contribution is -0.120. The molecule has 0 unspecified atom stereocenters. The molecule has 100 valence electrons. The number of amides is 1. The highest BCUT2D eigenvalue weighted by molar-refractivity contribution is 7.09. The minimum absolute atomic E-state index is 0.0126. The van der Waals surface area contributed by atoms with Gasteiger partial charge in [-0.05, 0) is 18.6 Å². The van der Waals surface area contributed by atoms with Crippen LogP contribution in [0.25, 0.3) is 0 Å². The van der Waals surface area contributed by atoms with Gasteiger partial charge in [0.1, 0.15) is 0 Å². The van der Waals surface area contributed by atoms with Gasteiger partial charge in [-0.25, -0.2) is 4.98 Å². The van der Waals surface area contributed by atoms with E-state index in [0.717, 1.165) is 22.7 Å². The van der Waals surface area contributed by atoms with Crippen molar-refractivity contribution in [2.24, 2.45) is 0 Å². The second kappa shape index (κ2) is 6.68. The Hall–Kier alpha value is -1.39. The molecule has 1 aromatic carbocycles. The van der Waals surface area contributed by atoms with E-state index in [-0.39, 0.29) is 5.91 Å². The molecule has 0 fully saturated rings. The van der Waals surface area contributed by atoms with Crippen LogP contribution in [0.5, 0.6) is 0 Å². The second-order valence-electron chi connectivity index (χ2n) is 4.25. The summed E-state index contributed by atoms with van der Waals surface area (Å²) in [6, 6.07) is 7.40. The number of rotatable bonds is 5. The molecule has 0 aliphatic rings. The molecular weight excluding hydrogens is 280 g/mol. The molecule has 0 saturated heterocycles. The standard InChI is InChI=1S/C14H15ClN2OS/c1-10-9-19-14(17-10)6-7-16-13(18)8-11-4-2-3-5-12(11)15/h2-5,9H,6-8H2,1H3,(H,16,18). The van der Waals surface area contributed by atoms with Crippen LogP contribution in [0.2, 0.25) is 5.02 Å². The molecule has 3 nitrogen and oxygen atoms in total. The van der Waals surface area contributed by atoms with Crippen LogP contribution in [0.1, 0.15) is 16.3 Å². The molecule has 1 N–H and O–H groups in total. The SMILES string of the molecule is Cc1csc(CCNC(=O)Cc2ccccc2Cl)n1. The van der Waals surface area contributed by atoms with Crippen LogP contribution in [0.4, 0.5) is 0 Å². The maximum absolute atomic E-state index is 11.8. The molecule has 0 radical (unpaired) electrons. The molecule has 5 heteroatoms. The minimum Gasteiger partial charge on any atom is -0.355 e. The van der Waals surface area contributed by atoms with E-state index in [2.05, 4.69) is 10.3 Å². The van der Waals surface area contributed by atoms with Crippen molar-refractivity contribution in [3.05, 3.63) is 50.9 Å². The normalized spacial score (nSPS) is 10.4. The lowest BCUT2D eigenvalue weighted by atomic mass is 10.1. The van der Waals surface area contributed by atoms with Crippen molar-refractivity contribution in [1.29, 1.82) is 0 Å². The van der Waals surface area contributed by atoms with Crippen molar-refractivity contribution in [1.82, 2.24) is 10.3 Å². The zero-order valence-corrected chi connectivity index (χ0v) is 12.2. The van der Waals surface area contributed by atoms with Gasteiger partial charge in [0.05, 0.1) is 11.4 Å². The summed E-state index contributed by atoms with van der Waals surface area (Å²) in [5.74, 6) is -0.0126. The molecule has 0 aliphatic carbocycles. The summed E-state index contributed by atoms with van der Waals surface area (Å²) >= 11 is 7.64. The summed E-state index contributed by atoms with van der Waals surface area (Å²) in [5.41, 5.74) is 1.88. The number of hydrogen-bond donors (Lipinski definition) is 1. The van der Waals surface area contributed by atoms with Gasteiger partial charge >= 0.3 is 0 Å². The van der Waals surface area contributed by atoms with Crippen LogP contribution < -0.4 is 5.32 Å². The molecule has 1 amide bonds. The van der Waals surface area contributed by atoms with Crippen LogP contribution in [0, 0.1) is 6.92 Å². The lowest BCUT2D eigenvalue weighted by Crippen LogP contribution is -2.27. The largest absolute Gasteiger partial charge is 0.355 e. The number of carbonyl (C=O) groups excluding carboxylic acids is 1. The monoisotopic (exact) mass is 294 g/mol. The van der Waals surface area contributed by atoms with Gasteiger partial charge in [-0.3, -0.25) is 4.79 Å². The molecule has 2 aromatic rings. The average Bonchev–Trinajstić information content (AvgIpc) is 2.78. The molecule has 0 spiro atoms. The number of thiazole rings is 1. The Kier molecular flexibility index (Phi) is 4.93. The number of nitrogens with one attached hydrogen (secondary N) is 1. The van der Waals surface area contributed by atoms with Crippen LogP contribution >= 0.6 is 22.9 Å². The van der Waals surface area contributed by atoms with Crippen LogP contribution in [0.15, 0.2) is 29.6 Å². The van der Waals surface area contributed by atoms with Crippen molar-refractivity contribution in [3.63, 3.8) is 0 Å². The summed E-state index contributed by atoms with van der Waals surface area (Å²) in [4.78, 5) is 16.1. The van der Waals surface area contributed by atoms with Gasteiger partial charge in [0.15, 0.2) is 0 Å². The molecule has 1 aromatic heterocycles. The van der Waals surface area contributed by atoms with Crippen molar-refractivity contribution < 1.29 is 4.79 Å². The van der Waals surface area contributed by atoms with Crippen LogP contribution in [0.3, 0.4) is 0 Å². The minimum atomic E-state index is -0.0126. The summed E-state index contributed by atoms with van der Waals surface area (Å²) in [6.45, 7) is 2.58. The zero-order valence-electron chi connectivity index (χ0n) is 10.6. The first-order valence-corrected chi connectivity index (χ1v) is 7.32. The number of benzene rings is 1. The molecule has 0 bridgehead atoms. The first-order valence-electron chi connectivity index (χ1n) is 6.06. The fourth-order valence-corrected chi connectivity index (χ4v) is 2.68. The topological polar surface area (TPSA) is 42.0 Å². The summed E-state index contributed by atoms with van der Waals surface area (Å²) in [7, 11) is 0. The second-order valence-corrected chi connectivity index (χ2v) is 5.60. The van der Waals surface area contributed by atoms with E-state index in [4.69, 9.17) is 11.6 Å². The molecule has 2 rings (SSSR count). The first-order chi connectivity index (χ1) is 9.15. The highest BCUT2D eigenvalue weighted by Crippen LogP contribution is 2.15. The van der Waals surface area contributed by atoms with Crippen LogP contribution in [-0.2, 0) is 17.6 Å². The van der Waals surface area contributed by atoms with Crippen LogP contribution in [-0.4, -0.2) is 17.4 Å². The summed E-state index contributed by atoms with van der Waals surface area (Å²) in [5, 5.41) is 6.58. The summed E-state index contributed by atoms with van der Waals surface area (Å²) < 4.78 is 0. The van der Waals surface area contributed by atoms with Crippen molar-refractivity contribution in [2.45, 2.75) is 19.8 Å². The Bertz CT molecular complexity index is 568. The van der Waals surface area contributed by atoms with E-state index in [9.17, 15) is 4.79 Å². The van der Waals surface area contributed by atoms with Gasteiger partial charge in [-0.15, -0.1) is 11.3 Å². The number of carbonyl (C=O) groups is 1. The van der Waals surface area contributed by atoms with E-state index in [1.165, 1.54) is 0 Å². The maximum atomic E-state index is 11.8. The number of nitrogens with zero attached hydrogens (tertiary/aromatic N) is 1. The third-order valence-electron chi connectivity index (χ3n) is 2.64. The predicted molar refractivity (Wildman–Crippen MR) is 78.7 cm³/mol. The van der Waals surface area contributed by atoms with Gasteiger partial charge in [-0.2, -0.15) is 0 Å². The maximum Gasteiger partial charge on any atom is 0.224 e. The molecule has 0 aliphatic heterocycles. The molecule has 19 heavy (non-hydrogen) atoms. The Labute approximate surface area is 121 Å². The first kappa shape index (κ1) is 14.0. The molecule has 1 heterocycles. The summed E-state index contributed by atoms with van der Waals surface area (Å²) in [6.07, 6.45) is 1.09. The van der Waals surface area contributed by atoms with Gasteiger partial charge in [0.25, 0.3) is 0 Å². The van der Waals surface area contributed by atoms with Gasteiger partial charge in [-0.1, -0.05) is 29.8 Å². The number of aryl methyl sites for hydroxylation is 1. The van der Waals surface area contributed by atoms with E-state index in [1.807, 2.05) is 30.5 Å². The van der Waals surface area contributed by atoms with E-state index in [1.54, 1.807) is 17.4 Å². The Balaban J connectivity index is 1.77. The molecule has 0 saturated carbocycles. The Morgan fingerprint density at radius 2 is 2.21 bits per heavy atom. The third kappa shape index (κ3) is 4.33. The van der Waals surface area contributed by atoms with Gasteiger partial charge < -0.3 is 5.32 Å². The quantitative estimate of drug-likeness (QED) is 0.921. The lowest BCUT2D eigenvalue weighted by Gasteiger charge is -2.05. The van der Waals surface area contributed by atoms with Gasteiger partial charge in [0.2, 0.25) is 5.91 Å². The van der Waals surface area contributed by atoms with Crippen molar-refractivity contribution in [2.75, 3.05) is 6.54 Å². The fraction of sp³-hybridized carbons (Fsp3) is 0.286. The Morgan fingerprint density at radius 1 is 1.42 bits per heavy atom. The molecule has 0 atom stereocenters. The smallest absolute Gasteiger partial charge is 0.224 e. The highest BCUT2D eigenvalue weighted by Gasteiger charge is 2.06. The van der Waals surface area contributed by atoms with Crippen molar-refractivity contribution in [3.8, 4) is 0 Å². The van der Waals surface area contributed by atoms with E-state index < -0.39 is 0 Å². The van der Waals surface area contributed by atoms with E-state index >= 15 is 0 Å². The van der Waals surface area contributed by atoms with Crippen molar-refractivity contribution >= 4 is 28.8 Å².